The van der Waals surface area contributed by atoms with Crippen molar-refractivity contribution in [3.05, 3.63) is 48.0 Å². The van der Waals surface area contributed by atoms with Crippen LogP contribution in [-0.4, -0.2) is 12.6 Å². The van der Waals surface area contributed by atoms with Gasteiger partial charge in [-0.25, -0.2) is 0 Å². The Bertz CT molecular complexity index is 626. The van der Waals surface area contributed by atoms with Crippen molar-refractivity contribution in [2.24, 2.45) is 5.92 Å². The van der Waals surface area contributed by atoms with Crippen LogP contribution in [0.1, 0.15) is 12.0 Å². The molecule has 0 amide bonds. The van der Waals surface area contributed by atoms with Crippen LogP contribution in [0.4, 0.5) is 0 Å². The van der Waals surface area contributed by atoms with Crippen molar-refractivity contribution < 1.29 is 9.53 Å². The van der Waals surface area contributed by atoms with Crippen molar-refractivity contribution in [2.45, 2.75) is 11.8 Å². The van der Waals surface area contributed by atoms with E-state index >= 15 is 0 Å². The van der Waals surface area contributed by atoms with Gasteiger partial charge in [-0.2, -0.15) is 0 Å². The summed E-state index contributed by atoms with van der Waals surface area (Å²) >= 11 is 0. The number of ether oxygens (including phenoxy) is 1. The van der Waals surface area contributed by atoms with Crippen molar-refractivity contribution >= 4 is 16.7 Å². The molecule has 1 aliphatic carbocycles. The molecule has 4 rings (SSSR count). The molecule has 84 valence electrons. The van der Waals surface area contributed by atoms with Crippen LogP contribution in [0.15, 0.2) is 42.5 Å². The van der Waals surface area contributed by atoms with Gasteiger partial charge in [0.1, 0.15) is 0 Å². The van der Waals surface area contributed by atoms with Crippen LogP contribution in [-0.2, 0) is 14.9 Å². The minimum absolute atomic E-state index is 0.0288. The van der Waals surface area contributed by atoms with Gasteiger partial charge in [0, 0.05) is 5.92 Å². The minimum atomic E-state index is -0.319. The maximum absolute atomic E-state index is 12.0. The van der Waals surface area contributed by atoms with E-state index in [1.165, 1.54) is 10.8 Å². The zero-order valence-corrected chi connectivity index (χ0v) is 9.35. The number of rotatable bonds is 1. The highest BCUT2D eigenvalue weighted by Crippen LogP contribution is 2.60. The van der Waals surface area contributed by atoms with Crippen molar-refractivity contribution in [3.63, 3.8) is 0 Å². The summed E-state index contributed by atoms with van der Waals surface area (Å²) in [5.74, 6) is 0.375. The normalized spacial score (nSPS) is 30.1. The number of fused-ring (bicyclic) bond motifs is 2. The molecule has 1 aliphatic heterocycles. The van der Waals surface area contributed by atoms with Crippen molar-refractivity contribution in [3.8, 4) is 0 Å². The predicted molar refractivity (Wildman–Crippen MR) is 64.7 cm³/mol. The van der Waals surface area contributed by atoms with Crippen LogP contribution >= 0.6 is 0 Å². The highest BCUT2D eigenvalue weighted by Gasteiger charge is 2.67. The lowest BCUT2D eigenvalue weighted by atomic mass is 9.90. The van der Waals surface area contributed by atoms with Crippen LogP contribution in [0.25, 0.3) is 10.8 Å². The Morgan fingerprint density at radius 3 is 2.71 bits per heavy atom. The summed E-state index contributed by atoms with van der Waals surface area (Å²) in [4.78, 5) is 12.0. The number of cyclic esters (lactones) is 1. The molecular weight excluding hydrogens is 212 g/mol. The summed E-state index contributed by atoms with van der Waals surface area (Å²) < 4.78 is 5.18. The Balaban J connectivity index is 2.01. The van der Waals surface area contributed by atoms with E-state index in [0.717, 1.165) is 12.0 Å². The fraction of sp³-hybridized carbons (Fsp3) is 0.267. The molecule has 1 saturated carbocycles. The molecule has 2 fully saturated rings. The molecule has 0 bridgehead atoms. The predicted octanol–water partition coefficient (Wildman–Crippen LogP) is 2.65. The van der Waals surface area contributed by atoms with Crippen LogP contribution < -0.4 is 0 Å². The second-order valence-corrected chi connectivity index (χ2v) is 5.00. The number of benzene rings is 2. The first-order chi connectivity index (χ1) is 8.32. The van der Waals surface area contributed by atoms with Crippen LogP contribution in [0, 0.1) is 5.92 Å². The number of hydrogen-bond acceptors (Lipinski definition) is 2. The molecule has 0 spiro atoms. The minimum Gasteiger partial charge on any atom is -0.465 e. The summed E-state index contributed by atoms with van der Waals surface area (Å²) in [7, 11) is 0. The van der Waals surface area contributed by atoms with Gasteiger partial charge in [0.15, 0.2) is 0 Å². The maximum Gasteiger partial charge on any atom is 0.317 e. The Morgan fingerprint density at radius 1 is 1.12 bits per heavy atom. The molecule has 0 radical (unpaired) electrons. The second-order valence-electron chi connectivity index (χ2n) is 5.00. The molecular formula is C15H12O2. The molecule has 2 nitrogen and oxygen atoms in total. The van der Waals surface area contributed by atoms with Crippen molar-refractivity contribution in [2.75, 3.05) is 6.61 Å². The smallest absolute Gasteiger partial charge is 0.317 e. The Labute approximate surface area is 99.2 Å². The summed E-state index contributed by atoms with van der Waals surface area (Å²) in [6, 6.07) is 14.4. The van der Waals surface area contributed by atoms with Gasteiger partial charge in [0.25, 0.3) is 0 Å². The molecule has 0 unspecified atom stereocenters. The van der Waals surface area contributed by atoms with E-state index in [9.17, 15) is 4.79 Å². The number of hydrogen-bond donors (Lipinski definition) is 0. The van der Waals surface area contributed by atoms with Gasteiger partial charge in [-0.05, 0) is 22.8 Å². The zero-order chi connectivity index (χ0) is 11.5. The van der Waals surface area contributed by atoms with E-state index in [1.54, 1.807) is 0 Å². The molecule has 2 aromatic rings. The van der Waals surface area contributed by atoms with Gasteiger partial charge in [0.05, 0.1) is 12.0 Å². The molecule has 2 heteroatoms. The standard InChI is InChI=1S/C15H12O2/c16-14-15(8-11(15)9-17-14)13-7-3-5-10-4-1-2-6-12(10)13/h1-7,11H,8-9H2/t11-,15-/m0/s1. The molecule has 1 heterocycles. The topological polar surface area (TPSA) is 26.3 Å². The fourth-order valence-corrected chi connectivity index (χ4v) is 3.14. The molecule has 2 atom stereocenters. The molecule has 0 aromatic heterocycles. The molecule has 0 N–H and O–H groups in total. The lowest BCUT2D eigenvalue weighted by molar-refractivity contribution is -0.142. The molecule has 2 aliphatic rings. The van der Waals surface area contributed by atoms with Crippen molar-refractivity contribution in [1.82, 2.24) is 0 Å². The average Bonchev–Trinajstić information content (AvgIpc) is 3.03. The summed E-state index contributed by atoms with van der Waals surface area (Å²) in [6.45, 7) is 0.599. The van der Waals surface area contributed by atoms with E-state index in [1.807, 2.05) is 18.2 Å². The molecule has 17 heavy (non-hydrogen) atoms. The quantitative estimate of drug-likeness (QED) is 0.696. The largest absolute Gasteiger partial charge is 0.465 e. The molecule has 1 saturated heterocycles. The summed E-state index contributed by atoms with van der Waals surface area (Å²) in [5.41, 5.74) is 0.837. The third kappa shape index (κ3) is 1.03. The average molecular weight is 224 g/mol. The van der Waals surface area contributed by atoms with Crippen LogP contribution in [0.2, 0.25) is 0 Å². The van der Waals surface area contributed by atoms with E-state index in [0.29, 0.717) is 12.5 Å². The van der Waals surface area contributed by atoms with E-state index in [4.69, 9.17) is 4.74 Å². The van der Waals surface area contributed by atoms with E-state index in [-0.39, 0.29) is 11.4 Å². The van der Waals surface area contributed by atoms with Crippen LogP contribution in [0.5, 0.6) is 0 Å². The fourth-order valence-electron chi connectivity index (χ4n) is 3.14. The Hall–Kier alpha value is -1.83. The lowest BCUT2D eigenvalue weighted by Crippen LogP contribution is -2.18. The number of carbonyl (C=O) groups excluding carboxylic acids is 1. The van der Waals surface area contributed by atoms with Gasteiger partial charge >= 0.3 is 5.97 Å². The monoisotopic (exact) mass is 224 g/mol. The van der Waals surface area contributed by atoms with Gasteiger partial charge in [-0.15, -0.1) is 0 Å². The van der Waals surface area contributed by atoms with Crippen LogP contribution in [0.3, 0.4) is 0 Å². The summed E-state index contributed by atoms with van der Waals surface area (Å²) in [6.07, 6.45) is 0.958. The highest BCUT2D eigenvalue weighted by atomic mass is 16.5. The maximum atomic E-state index is 12.0. The first-order valence-corrected chi connectivity index (χ1v) is 5.98. The van der Waals surface area contributed by atoms with Gasteiger partial charge in [-0.1, -0.05) is 42.5 Å². The second kappa shape index (κ2) is 2.89. The first-order valence-electron chi connectivity index (χ1n) is 5.98. The van der Waals surface area contributed by atoms with E-state index < -0.39 is 0 Å². The third-order valence-electron chi connectivity index (χ3n) is 4.16. The lowest BCUT2D eigenvalue weighted by Gasteiger charge is -2.12. The summed E-state index contributed by atoms with van der Waals surface area (Å²) in [5, 5.41) is 2.39. The number of esters is 1. The first kappa shape index (κ1) is 9.23. The highest BCUT2D eigenvalue weighted by molar-refractivity contribution is 5.97. The third-order valence-corrected chi connectivity index (χ3v) is 4.16. The molecule has 2 aromatic carbocycles. The zero-order valence-electron chi connectivity index (χ0n) is 9.35. The number of carbonyl (C=O) groups is 1. The SMILES string of the molecule is O=C1OC[C@@H]2C[C@]12c1cccc2ccccc12. The Morgan fingerprint density at radius 2 is 1.94 bits per heavy atom. The van der Waals surface area contributed by atoms with Gasteiger partial charge in [0.2, 0.25) is 0 Å². The van der Waals surface area contributed by atoms with E-state index in [2.05, 4.69) is 24.3 Å². The van der Waals surface area contributed by atoms with Gasteiger partial charge in [-0.3, -0.25) is 4.79 Å². The van der Waals surface area contributed by atoms with Gasteiger partial charge < -0.3 is 4.74 Å². The Kier molecular flexibility index (Phi) is 1.57. The van der Waals surface area contributed by atoms with Crippen molar-refractivity contribution in [1.29, 1.82) is 0 Å².